The summed E-state index contributed by atoms with van der Waals surface area (Å²) in [5.41, 5.74) is 1.75. The van der Waals surface area contributed by atoms with Crippen LogP contribution in [0, 0.1) is 0 Å². The summed E-state index contributed by atoms with van der Waals surface area (Å²) in [6, 6.07) is 14.7. The molecule has 0 saturated heterocycles. The van der Waals surface area contributed by atoms with E-state index in [1.54, 1.807) is 18.2 Å². The molecule has 2 rings (SSSR count). The van der Waals surface area contributed by atoms with E-state index in [4.69, 9.17) is 21.4 Å². The predicted octanol–water partition coefficient (Wildman–Crippen LogP) is 3.87. The first-order valence-electron chi connectivity index (χ1n) is 8.94. The van der Waals surface area contributed by atoms with Gasteiger partial charge in [-0.05, 0) is 31.4 Å². The summed E-state index contributed by atoms with van der Waals surface area (Å²) < 4.78 is 5.56. The molecule has 0 fully saturated rings. The number of hydrogen-bond acceptors (Lipinski definition) is 3. The number of para-hydroxylation sites is 1. The molecule has 0 aliphatic carbocycles. The lowest BCUT2D eigenvalue weighted by molar-refractivity contribution is -0.137. The van der Waals surface area contributed by atoms with Crippen molar-refractivity contribution in [1.82, 2.24) is 5.32 Å². The van der Waals surface area contributed by atoms with Crippen LogP contribution in [-0.4, -0.2) is 29.6 Å². The Bertz CT molecular complexity index is 764. The van der Waals surface area contributed by atoms with Gasteiger partial charge in [0.25, 0.3) is 0 Å². The van der Waals surface area contributed by atoms with E-state index < -0.39 is 5.97 Å². The number of amides is 1. The van der Waals surface area contributed by atoms with E-state index >= 15 is 0 Å². The Kier molecular flexibility index (Phi) is 8.14. The summed E-state index contributed by atoms with van der Waals surface area (Å²) in [7, 11) is 0. The first kappa shape index (κ1) is 20.8. The molecule has 0 spiro atoms. The molecule has 2 aromatic rings. The minimum atomic E-state index is -0.879. The maximum atomic E-state index is 12.6. The van der Waals surface area contributed by atoms with Crippen LogP contribution in [0.1, 0.15) is 30.9 Å². The standard InChI is InChI=1S/C21H24ClNO4/c1-2-27-21-16(9-6-10-18(21)22)14-19(24)23-17(11-12-20(25)26)13-15-7-4-3-5-8-15/h3-10,17H,2,11-14H2,1H3,(H,23,24)(H,25,26). The van der Waals surface area contributed by atoms with E-state index in [9.17, 15) is 9.59 Å². The highest BCUT2D eigenvalue weighted by atomic mass is 35.5. The Hall–Kier alpha value is -2.53. The van der Waals surface area contributed by atoms with Crippen LogP contribution in [0.3, 0.4) is 0 Å². The zero-order valence-corrected chi connectivity index (χ0v) is 16.0. The minimum absolute atomic E-state index is 0.000852. The van der Waals surface area contributed by atoms with Crippen molar-refractivity contribution < 1.29 is 19.4 Å². The van der Waals surface area contributed by atoms with Crippen molar-refractivity contribution in [2.24, 2.45) is 0 Å². The zero-order valence-electron chi connectivity index (χ0n) is 15.3. The summed E-state index contributed by atoms with van der Waals surface area (Å²) in [5, 5.41) is 12.4. The first-order chi connectivity index (χ1) is 13.0. The molecule has 2 aromatic carbocycles. The van der Waals surface area contributed by atoms with Gasteiger partial charge in [0.2, 0.25) is 5.91 Å². The number of carbonyl (C=O) groups excluding carboxylic acids is 1. The summed E-state index contributed by atoms with van der Waals surface area (Å²) >= 11 is 6.17. The van der Waals surface area contributed by atoms with E-state index in [2.05, 4.69) is 5.32 Å². The third-order valence-electron chi connectivity index (χ3n) is 4.08. The van der Waals surface area contributed by atoms with Crippen LogP contribution in [0.5, 0.6) is 5.75 Å². The molecule has 0 bridgehead atoms. The van der Waals surface area contributed by atoms with Crippen LogP contribution in [0.2, 0.25) is 5.02 Å². The normalized spacial score (nSPS) is 11.6. The topological polar surface area (TPSA) is 75.6 Å². The second-order valence-corrected chi connectivity index (χ2v) is 6.63. The van der Waals surface area contributed by atoms with E-state index in [0.29, 0.717) is 35.8 Å². The lowest BCUT2D eigenvalue weighted by Crippen LogP contribution is -2.37. The largest absolute Gasteiger partial charge is 0.492 e. The number of nitrogens with one attached hydrogen (secondary N) is 1. The number of carboxylic acids is 1. The van der Waals surface area contributed by atoms with Crippen molar-refractivity contribution >= 4 is 23.5 Å². The molecule has 1 amide bonds. The van der Waals surface area contributed by atoms with E-state index in [1.807, 2.05) is 37.3 Å². The molecule has 0 saturated carbocycles. The fourth-order valence-corrected chi connectivity index (χ4v) is 3.12. The molecule has 144 valence electrons. The van der Waals surface area contributed by atoms with Gasteiger partial charge in [-0.1, -0.05) is 54.1 Å². The van der Waals surface area contributed by atoms with Gasteiger partial charge in [0, 0.05) is 18.0 Å². The molecule has 0 aliphatic rings. The van der Waals surface area contributed by atoms with E-state index in [-0.39, 0.29) is 24.8 Å². The predicted molar refractivity (Wildman–Crippen MR) is 105 cm³/mol. The fourth-order valence-electron chi connectivity index (χ4n) is 2.87. The van der Waals surface area contributed by atoms with Gasteiger partial charge in [-0.25, -0.2) is 0 Å². The quantitative estimate of drug-likeness (QED) is 0.646. The Morgan fingerprint density at radius 2 is 1.89 bits per heavy atom. The smallest absolute Gasteiger partial charge is 0.303 e. The second kappa shape index (κ2) is 10.6. The molecule has 0 heterocycles. The molecule has 0 radical (unpaired) electrons. The van der Waals surface area contributed by atoms with Crippen molar-refractivity contribution in [3.05, 3.63) is 64.7 Å². The van der Waals surface area contributed by atoms with Crippen molar-refractivity contribution in [3.8, 4) is 5.75 Å². The molecule has 0 aromatic heterocycles. The highest BCUT2D eigenvalue weighted by Gasteiger charge is 2.17. The van der Waals surface area contributed by atoms with Crippen LogP contribution in [-0.2, 0) is 22.4 Å². The number of rotatable bonds is 10. The Labute approximate surface area is 164 Å². The summed E-state index contributed by atoms with van der Waals surface area (Å²) in [6.45, 7) is 2.31. The number of hydrogen-bond donors (Lipinski definition) is 2. The van der Waals surface area contributed by atoms with Crippen LogP contribution in [0.4, 0.5) is 0 Å². The number of halogens is 1. The number of benzene rings is 2. The molecule has 6 heteroatoms. The van der Waals surface area contributed by atoms with Crippen molar-refractivity contribution in [1.29, 1.82) is 0 Å². The highest BCUT2D eigenvalue weighted by Crippen LogP contribution is 2.29. The first-order valence-corrected chi connectivity index (χ1v) is 9.32. The van der Waals surface area contributed by atoms with Gasteiger partial charge >= 0.3 is 5.97 Å². The van der Waals surface area contributed by atoms with Gasteiger partial charge in [0.15, 0.2) is 0 Å². The number of carboxylic acid groups (broad SMARTS) is 1. The van der Waals surface area contributed by atoms with Crippen molar-refractivity contribution in [2.45, 2.75) is 38.6 Å². The summed E-state index contributed by atoms with van der Waals surface area (Å²) in [5.74, 6) is -0.553. The third kappa shape index (κ3) is 6.94. The molecule has 1 unspecified atom stereocenters. The Balaban J connectivity index is 2.06. The molecule has 2 N–H and O–H groups in total. The SMILES string of the molecule is CCOc1c(Cl)cccc1CC(=O)NC(CCC(=O)O)Cc1ccccc1. The van der Waals surface area contributed by atoms with Crippen molar-refractivity contribution in [3.63, 3.8) is 0 Å². The Morgan fingerprint density at radius 3 is 2.56 bits per heavy atom. The van der Waals surface area contributed by atoms with Gasteiger partial charge < -0.3 is 15.2 Å². The summed E-state index contributed by atoms with van der Waals surface area (Å²) in [6.07, 6.45) is 1.06. The number of aliphatic carboxylic acids is 1. The maximum Gasteiger partial charge on any atom is 0.303 e. The van der Waals surface area contributed by atoms with Gasteiger partial charge in [-0.2, -0.15) is 0 Å². The van der Waals surface area contributed by atoms with Gasteiger partial charge in [-0.15, -0.1) is 0 Å². The minimum Gasteiger partial charge on any atom is -0.492 e. The van der Waals surface area contributed by atoms with Crippen molar-refractivity contribution in [2.75, 3.05) is 6.61 Å². The van der Waals surface area contributed by atoms with Gasteiger partial charge in [0.1, 0.15) is 5.75 Å². The molecule has 0 aliphatic heterocycles. The van der Waals surface area contributed by atoms with Gasteiger partial charge in [-0.3, -0.25) is 9.59 Å². The molecule has 1 atom stereocenters. The second-order valence-electron chi connectivity index (χ2n) is 6.22. The van der Waals surface area contributed by atoms with Crippen LogP contribution < -0.4 is 10.1 Å². The van der Waals surface area contributed by atoms with Crippen LogP contribution in [0.25, 0.3) is 0 Å². The lowest BCUT2D eigenvalue weighted by Gasteiger charge is -2.19. The van der Waals surface area contributed by atoms with Crippen LogP contribution in [0.15, 0.2) is 48.5 Å². The molecular weight excluding hydrogens is 366 g/mol. The Morgan fingerprint density at radius 1 is 1.15 bits per heavy atom. The molecular formula is C21H24ClNO4. The monoisotopic (exact) mass is 389 g/mol. The number of ether oxygens (including phenoxy) is 1. The fraction of sp³-hybridized carbons (Fsp3) is 0.333. The lowest BCUT2D eigenvalue weighted by atomic mass is 10.0. The van der Waals surface area contributed by atoms with Crippen LogP contribution >= 0.6 is 11.6 Å². The number of carbonyl (C=O) groups is 2. The average molecular weight is 390 g/mol. The van der Waals surface area contributed by atoms with E-state index in [0.717, 1.165) is 5.56 Å². The zero-order chi connectivity index (χ0) is 19.6. The average Bonchev–Trinajstić information content (AvgIpc) is 2.63. The van der Waals surface area contributed by atoms with Gasteiger partial charge in [0.05, 0.1) is 18.1 Å². The maximum absolute atomic E-state index is 12.6. The molecule has 27 heavy (non-hydrogen) atoms. The highest BCUT2D eigenvalue weighted by molar-refractivity contribution is 6.32. The summed E-state index contributed by atoms with van der Waals surface area (Å²) in [4.78, 5) is 23.5. The third-order valence-corrected chi connectivity index (χ3v) is 4.38. The molecule has 5 nitrogen and oxygen atoms in total. The van der Waals surface area contributed by atoms with E-state index in [1.165, 1.54) is 0 Å².